The second-order valence-electron chi connectivity index (χ2n) is 13.1. The largest absolute Gasteiger partial charge is 0.497 e. The summed E-state index contributed by atoms with van der Waals surface area (Å²) in [5.74, 6) is 2.08. The molecule has 4 rings (SSSR count). The standard InChI is InChI=1S/C30H46O4Si/c1-27(2,3)35(7,8)34-26-11-9-10-22(20-26)30(31)21-23-16-17-29(30,28(23,4)5)18-19-33-25-14-12-24(32-6)13-15-25/h12-15,18-20,23,26,31H,9-11,16-17,21H2,1-8H3/b19-18+/t23?,26-,29?,30?/m1/s1. The van der Waals surface area contributed by atoms with E-state index in [9.17, 15) is 5.11 Å². The van der Waals surface area contributed by atoms with E-state index >= 15 is 0 Å². The summed E-state index contributed by atoms with van der Waals surface area (Å²) in [4.78, 5) is 0. The Morgan fingerprint density at radius 3 is 2.31 bits per heavy atom. The molecule has 2 bridgehead atoms. The maximum atomic E-state index is 12.5. The minimum Gasteiger partial charge on any atom is -0.497 e. The van der Waals surface area contributed by atoms with Crippen molar-refractivity contribution in [2.24, 2.45) is 16.7 Å². The van der Waals surface area contributed by atoms with Crippen molar-refractivity contribution >= 4 is 8.32 Å². The van der Waals surface area contributed by atoms with Gasteiger partial charge in [-0.3, -0.25) is 0 Å². The molecule has 0 amide bonds. The summed E-state index contributed by atoms with van der Waals surface area (Å²) < 4.78 is 18.1. The zero-order chi connectivity index (χ0) is 25.7. The van der Waals surface area contributed by atoms with Crippen molar-refractivity contribution in [3.63, 3.8) is 0 Å². The molecular formula is C30H46O4Si. The van der Waals surface area contributed by atoms with Crippen LogP contribution in [-0.4, -0.2) is 32.2 Å². The van der Waals surface area contributed by atoms with Crippen LogP contribution >= 0.6 is 0 Å². The van der Waals surface area contributed by atoms with Crippen molar-refractivity contribution in [1.82, 2.24) is 0 Å². The maximum absolute atomic E-state index is 12.5. The first-order chi connectivity index (χ1) is 16.3. The van der Waals surface area contributed by atoms with Gasteiger partial charge in [-0.05, 0) is 104 Å². The van der Waals surface area contributed by atoms with Gasteiger partial charge in [0.15, 0.2) is 8.32 Å². The highest BCUT2D eigenvalue weighted by atomic mass is 28.4. The van der Waals surface area contributed by atoms with Crippen LogP contribution in [0.15, 0.2) is 48.3 Å². The van der Waals surface area contributed by atoms with Gasteiger partial charge in [0.25, 0.3) is 0 Å². The summed E-state index contributed by atoms with van der Waals surface area (Å²) in [6, 6.07) is 7.63. The van der Waals surface area contributed by atoms with Gasteiger partial charge in [-0.25, -0.2) is 0 Å². The first-order valence-electron chi connectivity index (χ1n) is 13.4. The first kappa shape index (κ1) is 26.5. The third-order valence-corrected chi connectivity index (χ3v) is 14.6. The van der Waals surface area contributed by atoms with Crippen LogP contribution in [-0.2, 0) is 4.43 Å². The van der Waals surface area contributed by atoms with Gasteiger partial charge in [-0.1, -0.05) is 40.7 Å². The molecule has 3 aliphatic rings. The van der Waals surface area contributed by atoms with Crippen LogP contribution in [0.2, 0.25) is 18.1 Å². The molecule has 0 aliphatic heterocycles. The van der Waals surface area contributed by atoms with Crippen LogP contribution in [0.5, 0.6) is 11.5 Å². The topological polar surface area (TPSA) is 47.9 Å². The van der Waals surface area contributed by atoms with Gasteiger partial charge >= 0.3 is 0 Å². The molecule has 4 atom stereocenters. The van der Waals surface area contributed by atoms with E-state index in [2.05, 4.69) is 59.9 Å². The highest BCUT2D eigenvalue weighted by molar-refractivity contribution is 6.74. The van der Waals surface area contributed by atoms with Crippen LogP contribution in [0, 0.1) is 16.7 Å². The molecule has 2 fully saturated rings. The number of benzene rings is 1. The lowest BCUT2D eigenvalue weighted by Gasteiger charge is -2.48. The Bertz CT molecular complexity index is 971. The van der Waals surface area contributed by atoms with Crippen LogP contribution in [0.25, 0.3) is 0 Å². The first-order valence-corrected chi connectivity index (χ1v) is 16.3. The molecule has 3 aliphatic carbocycles. The van der Waals surface area contributed by atoms with E-state index in [0.29, 0.717) is 5.92 Å². The van der Waals surface area contributed by atoms with E-state index in [0.717, 1.165) is 50.0 Å². The molecule has 35 heavy (non-hydrogen) atoms. The Morgan fingerprint density at radius 1 is 1.06 bits per heavy atom. The van der Waals surface area contributed by atoms with Crippen LogP contribution < -0.4 is 9.47 Å². The Hall–Kier alpha value is -1.56. The van der Waals surface area contributed by atoms with E-state index in [1.54, 1.807) is 7.11 Å². The fraction of sp³-hybridized carbons (Fsp3) is 0.667. The zero-order valence-electron chi connectivity index (χ0n) is 23.1. The van der Waals surface area contributed by atoms with Crippen LogP contribution in [0.3, 0.4) is 0 Å². The number of aliphatic hydroxyl groups is 1. The smallest absolute Gasteiger partial charge is 0.192 e. The SMILES string of the molecule is COc1ccc(O/C=C/C23CCC(CC2(O)C2=C[C@H](O[Si](C)(C)C(C)(C)C)CCC2)C3(C)C)cc1. The summed E-state index contributed by atoms with van der Waals surface area (Å²) >= 11 is 0. The summed E-state index contributed by atoms with van der Waals surface area (Å²) in [6.45, 7) is 16.2. The average molecular weight is 499 g/mol. The second-order valence-corrected chi connectivity index (χ2v) is 17.8. The lowest BCUT2D eigenvalue weighted by molar-refractivity contribution is -0.0457. The van der Waals surface area contributed by atoms with Crippen molar-refractivity contribution in [3.8, 4) is 11.5 Å². The van der Waals surface area contributed by atoms with Gasteiger partial charge in [-0.15, -0.1) is 0 Å². The molecule has 0 spiro atoms. The predicted octanol–water partition coefficient (Wildman–Crippen LogP) is 7.65. The zero-order valence-corrected chi connectivity index (χ0v) is 24.1. The number of rotatable bonds is 7. The third-order valence-electron chi connectivity index (χ3n) is 10.1. The van der Waals surface area contributed by atoms with Crippen LogP contribution in [0.4, 0.5) is 0 Å². The summed E-state index contributed by atoms with van der Waals surface area (Å²) in [6.07, 6.45) is 12.4. The molecule has 194 valence electrons. The molecule has 3 unspecified atom stereocenters. The normalized spacial score (nSPS) is 32.7. The van der Waals surface area contributed by atoms with Crippen molar-refractivity contribution in [2.45, 2.75) is 103 Å². The molecular weight excluding hydrogens is 452 g/mol. The summed E-state index contributed by atoms with van der Waals surface area (Å²) in [5.41, 5.74) is -0.0108. The molecule has 0 heterocycles. The molecule has 0 saturated heterocycles. The lowest BCUT2D eigenvalue weighted by Crippen LogP contribution is -2.50. The number of hydrogen-bond donors (Lipinski definition) is 1. The number of fused-ring (bicyclic) bond motifs is 2. The fourth-order valence-electron chi connectivity index (χ4n) is 6.70. The molecule has 0 aromatic heterocycles. The minimum atomic E-state index is -1.88. The highest BCUT2D eigenvalue weighted by Crippen LogP contribution is 2.72. The highest BCUT2D eigenvalue weighted by Gasteiger charge is 2.70. The third kappa shape index (κ3) is 4.42. The maximum Gasteiger partial charge on any atom is 0.192 e. The molecule has 2 saturated carbocycles. The Balaban J connectivity index is 1.62. The quantitative estimate of drug-likeness (QED) is 0.238. The van der Waals surface area contributed by atoms with Crippen LogP contribution in [0.1, 0.15) is 73.1 Å². The average Bonchev–Trinajstić information content (AvgIpc) is 3.13. The van der Waals surface area contributed by atoms with Gasteiger partial charge in [0.1, 0.15) is 11.5 Å². The molecule has 0 radical (unpaired) electrons. The Kier molecular flexibility index (Phi) is 6.87. The second kappa shape index (κ2) is 9.07. The van der Waals surface area contributed by atoms with E-state index in [4.69, 9.17) is 13.9 Å². The van der Waals surface area contributed by atoms with Crippen molar-refractivity contribution < 1.29 is 19.0 Å². The van der Waals surface area contributed by atoms with Gasteiger partial charge in [-0.2, -0.15) is 0 Å². The minimum absolute atomic E-state index is 0.00438. The Morgan fingerprint density at radius 2 is 1.71 bits per heavy atom. The monoisotopic (exact) mass is 498 g/mol. The van der Waals surface area contributed by atoms with Gasteiger partial charge in [0, 0.05) is 5.41 Å². The number of hydrogen-bond acceptors (Lipinski definition) is 4. The van der Waals surface area contributed by atoms with E-state index in [-0.39, 0.29) is 22.0 Å². The van der Waals surface area contributed by atoms with Crippen molar-refractivity contribution in [1.29, 1.82) is 0 Å². The lowest BCUT2D eigenvalue weighted by atomic mass is 9.59. The van der Waals surface area contributed by atoms with E-state index < -0.39 is 13.9 Å². The molecule has 1 aromatic carbocycles. The summed E-state index contributed by atoms with van der Waals surface area (Å²) in [5, 5.41) is 12.7. The van der Waals surface area contributed by atoms with E-state index in [1.165, 1.54) is 5.57 Å². The van der Waals surface area contributed by atoms with E-state index in [1.807, 2.05) is 30.5 Å². The number of methoxy groups -OCH3 is 1. The predicted molar refractivity (Wildman–Crippen MR) is 145 cm³/mol. The fourth-order valence-corrected chi connectivity index (χ4v) is 8.00. The number of ether oxygens (including phenoxy) is 2. The Labute approximate surface area is 213 Å². The van der Waals surface area contributed by atoms with Crippen molar-refractivity contribution in [2.75, 3.05) is 7.11 Å². The molecule has 4 nitrogen and oxygen atoms in total. The summed E-state index contributed by atoms with van der Waals surface area (Å²) in [7, 11) is -0.221. The van der Waals surface area contributed by atoms with Gasteiger partial charge in [0.2, 0.25) is 0 Å². The molecule has 1 aromatic rings. The molecule has 1 N–H and O–H groups in total. The van der Waals surface area contributed by atoms with Crippen molar-refractivity contribution in [3.05, 3.63) is 48.3 Å². The van der Waals surface area contributed by atoms with Gasteiger partial charge in [0.05, 0.1) is 25.1 Å². The molecule has 5 heteroatoms. The van der Waals surface area contributed by atoms with Gasteiger partial charge < -0.3 is 19.0 Å².